The maximum absolute atomic E-state index is 12.5. The van der Waals surface area contributed by atoms with Crippen molar-refractivity contribution in [3.63, 3.8) is 0 Å². The van der Waals surface area contributed by atoms with Crippen molar-refractivity contribution in [2.24, 2.45) is 0 Å². The smallest absolute Gasteiger partial charge is 0.274 e. The SMILES string of the molecule is O=C(Nc1ccc2cccnc2c1)c1ccc2cc(Br)ccc2n1. The minimum Gasteiger partial charge on any atom is -0.321 e. The van der Waals surface area contributed by atoms with E-state index in [2.05, 4.69) is 31.2 Å². The number of pyridine rings is 2. The highest BCUT2D eigenvalue weighted by molar-refractivity contribution is 9.10. The van der Waals surface area contributed by atoms with Gasteiger partial charge < -0.3 is 5.32 Å². The van der Waals surface area contributed by atoms with Crippen LogP contribution in [0.25, 0.3) is 21.8 Å². The number of nitrogens with zero attached hydrogens (tertiary/aromatic N) is 2. The fourth-order valence-electron chi connectivity index (χ4n) is 2.56. The normalized spacial score (nSPS) is 10.9. The van der Waals surface area contributed by atoms with Crippen LogP contribution in [0, 0.1) is 0 Å². The number of nitrogens with one attached hydrogen (secondary N) is 1. The van der Waals surface area contributed by atoms with Crippen molar-refractivity contribution in [1.29, 1.82) is 0 Å². The Balaban J connectivity index is 1.64. The molecule has 0 atom stereocenters. The number of hydrogen-bond donors (Lipinski definition) is 1. The van der Waals surface area contributed by atoms with E-state index in [1.54, 1.807) is 12.3 Å². The molecule has 0 aliphatic rings. The molecule has 5 heteroatoms. The van der Waals surface area contributed by atoms with Gasteiger partial charge in [0, 0.05) is 27.1 Å². The largest absolute Gasteiger partial charge is 0.321 e. The lowest BCUT2D eigenvalue weighted by atomic mass is 10.2. The number of hydrogen-bond acceptors (Lipinski definition) is 3. The van der Waals surface area contributed by atoms with Crippen molar-refractivity contribution in [3.05, 3.63) is 77.0 Å². The molecule has 24 heavy (non-hydrogen) atoms. The maximum Gasteiger partial charge on any atom is 0.274 e. The predicted molar refractivity (Wildman–Crippen MR) is 99.1 cm³/mol. The Hall–Kier alpha value is -2.79. The van der Waals surface area contributed by atoms with Gasteiger partial charge in [0.05, 0.1) is 11.0 Å². The summed E-state index contributed by atoms with van der Waals surface area (Å²) in [7, 11) is 0. The third kappa shape index (κ3) is 2.86. The van der Waals surface area contributed by atoms with Crippen molar-refractivity contribution in [3.8, 4) is 0 Å². The number of anilines is 1. The van der Waals surface area contributed by atoms with Gasteiger partial charge in [-0.1, -0.05) is 34.1 Å². The summed E-state index contributed by atoms with van der Waals surface area (Å²) in [6, 6.07) is 18.9. The summed E-state index contributed by atoms with van der Waals surface area (Å²) in [4.78, 5) is 21.2. The molecule has 2 aromatic carbocycles. The lowest BCUT2D eigenvalue weighted by molar-refractivity contribution is 0.102. The molecule has 1 amide bonds. The molecule has 0 unspecified atom stereocenters. The van der Waals surface area contributed by atoms with Crippen LogP contribution in [-0.2, 0) is 0 Å². The third-order valence-electron chi connectivity index (χ3n) is 3.75. The number of carbonyl (C=O) groups excluding carboxylic acids is 1. The Morgan fingerprint density at radius 1 is 0.917 bits per heavy atom. The molecule has 0 fully saturated rings. The molecule has 2 heterocycles. The first kappa shape index (κ1) is 14.8. The number of halogens is 1. The van der Waals surface area contributed by atoms with Crippen LogP contribution in [0.3, 0.4) is 0 Å². The zero-order valence-corrected chi connectivity index (χ0v) is 14.1. The van der Waals surface area contributed by atoms with E-state index in [9.17, 15) is 4.79 Å². The fraction of sp³-hybridized carbons (Fsp3) is 0. The Bertz CT molecular complexity index is 1080. The average molecular weight is 378 g/mol. The predicted octanol–water partition coefficient (Wildman–Crippen LogP) is 4.80. The number of aromatic nitrogens is 2. The second-order valence-corrected chi connectivity index (χ2v) is 6.31. The molecule has 0 bridgehead atoms. The van der Waals surface area contributed by atoms with Crippen LogP contribution in [0.5, 0.6) is 0 Å². The lowest BCUT2D eigenvalue weighted by Crippen LogP contribution is -2.13. The summed E-state index contributed by atoms with van der Waals surface area (Å²) in [5.74, 6) is -0.241. The van der Waals surface area contributed by atoms with Crippen molar-refractivity contribution < 1.29 is 4.79 Å². The van der Waals surface area contributed by atoms with Gasteiger partial charge in [0.25, 0.3) is 5.91 Å². The second kappa shape index (κ2) is 6.02. The molecule has 0 aliphatic carbocycles. The molecule has 116 valence electrons. The van der Waals surface area contributed by atoms with Crippen molar-refractivity contribution in [1.82, 2.24) is 9.97 Å². The van der Waals surface area contributed by atoms with Gasteiger partial charge in [-0.2, -0.15) is 0 Å². The number of fused-ring (bicyclic) bond motifs is 2. The van der Waals surface area contributed by atoms with E-state index in [0.29, 0.717) is 11.4 Å². The summed E-state index contributed by atoms with van der Waals surface area (Å²) >= 11 is 3.43. The molecule has 0 saturated heterocycles. The molecular formula is C19H12BrN3O. The number of benzene rings is 2. The number of amides is 1. The Morgan fingerprint density at radius 2 is 1.79 bits per heavy atom. The highest BCUT2D eigenvalue weighted by Gasteiger charge is 2.09. The molecule has 4 nitrogen and oxygen atoms in total. The highest BCUT2D eigenvalue weighted by Crippen LogP contribution is 2.20. The first-order chi connectivity index (χ1) is 11.7. The Kier molecular flexibility index (Phi) is 3.70. The van der Waals surface area contributed by atoms with Crippen LogP contribution in [0.1, 0.15) is 10.5 Å². The van der Waals surface area contributed by atoms with Crippen LogP contribution < -0.4 is 5.32 Å². The Labute approximate surface area is 146 Å². The van der Waals surface area contributed by atoms with Crippen LogP contribution >= 0.6 is 15.9 Å². The number of carbonyl (C=O) groups is 1. The molecule has 4 aromatic rings. The molecule has 0 saturated carbocycles. The molecule has 0 aliphatic heterocycles. The van der Waals surface area contributed by atoms with Gasteiger partial charge in [-0.3, -0.25) is 9.78 Å². The zero-order chi connectivity index (χ0) is 16.5. The fourth-order valence-corrected chi connectivity index (χ4v) is 2.94. The third-order valence-corrected chi connectivity index (χ3v) is 4.24. The van der Waals surface area contributed by atoms with Gasteiger partial charge in [-0.05, 0) is 42.5 Å². The number of rotatable bonds is 2. The second-order valence-electron chi connectivity index (χ2n) is 5.40. The maximum atomic E-state index is 12.5. The summed E-state index contributed by atoms with van der Waals surface area (Å²) in [6.07, 6.45) is 1.73. The molecule has 0 spiro atoms. The molecular weight excluding hydrogens is 366 g/mol. The van der Waals surface area contributed by atoms with Gasteiger partial charge in [-0.15, -0.1) is 0 Å². The molecule has 1 N–H and O–H groups in total. The summed E-state index contributed by atoms with van der Waals surface area (Å²) < 4.78 is 0.984. The first-order valence-electron chi connectivity index (χ1n) is 7.41. The van der Waals surface area contributed by atoms with E-state index >= 15 is 0 Å². The van der Waals surface area contributed by atoms with Crippen molar-refractivity contribution in [2.75, 3.05) is 5.32 Å². The van der Waals surface area contributed by atoms with E-state index in [1.165, 1.54) is 0 Å². The summed E-state index contributed by atoms with van der Waals surface area (Å²) in [5, 5.41) is 4.89. The zero-order valence-electron chi connectivity index (χ0n) is 12.5. The summed E-state index contributed by atoms with van der Waals surface area (Å²) in [5.41, 5.74) is 2.70. The van der Waals surface area contributed by atoms with Crippen molar-refractivity contribution >= 4 is 49.3 Å². The minimum absolute atomic E-state index is 0.241. The lowest BCUT2D eigenvalue weighted by Gasteiger charge is -2.07. The van der Waals surface area contributed by atoms with Crippen LogP contribution in [0.2, 0.25) is 0 Å². The quantitative estimate of drug-likeness (QED) is 0.545. The van der Waals surface area contributed by atoms with Crippen LogP contribution in [0.4, 0.5) is 5.69 Å². The van der Waals surface area contributed by atoms with E-state index in [-0.39, 0.29) is 5.91 Å². The van der Waals surface area contributed by atoms with Gasteiger partial charge in [0.2, 0.25) is 0 Å². The van der Waals surface area contributed by atoms with Gasteiger partial charge in [-0.25, -0.2) is 4.98 Å². The van der Waals surface area contributed by atoms with E-state index in [4.69, 9.17) is 0 Å². The average Bonchev–Trinajstić information content (AvgIpc) is 2.61. The first-order valence-corrected chi connectivity index (χ1v) is 8.21. The van der Waals surface area contributed by atoms with E-state index in [1.807, 2.05) is 54.6 Å². The van der Waals surface area contributed by atoms with Gasteiger partial charge >= 0.3 is 0 Å². The van der Waals surface area contributed by atoms with Gasteiger partial charge in [0.1, 0.15) is 5.69 Å². The Morgan fingerprint density at radius 3 is 2.71 bits per heavy atom. The monoisotopic (exact) mass is 377 g/mol. The topological polar surface area (TPSA) is 54.9 Å². The minimum atomic E-state index is -0.241. The standard InChI is InChI=1S/C19H12BrN3O/c20-14-5-8-16-13(10-14)4-7-17(23-16)19(24)22-15-6-3-12-2-1-9-21-18(12)11-15/h1-11H,(H,22,24). The highest BCUT2D eigenvalue weighted by atomic mass is 79.9. The van der Waals surface area contributed by atoms with E-state index in [0.717, 1.165) is 26.3 Å². The molecule has 2 aromatic heterocycles. The summed E-state index contributed by atoms with van der Waals surface area (Å²) in [6.45, 7) is 0. The van der Waals surface area contributed by atoms with Crippen LogP contribution in [-0.4, -0.2) is 15.9 Å². The molecule has 4 rings (SSSR count). The van der Waals surface area contributed by atoms with Crippen molar-refractivity contribution in [2.45, 2.75) is 0 Å². The molecule has 0 radical (unpaired) electrons. The van der Waals surface area contributed by atoms with Crippen LogP contribution in [0.15, 0.2) is 71.3 Å². The van der Waals surface area contributed by atoms with E-state index < -0.39 is 0 Å². The van der Waals surface area contributed by atoms with Gasteiger partial charge in [0.15, 0.2) is 0 Å².